The van der Waals surface area contributed by atoms with E-state index in [1.807, 2.05) is 12.1 Å². The minimum absolute atomic E-state index is 0.276. The average Bonchev–Trinajstić information content (AvgIpc) is 3.94. The molecule has 8 heteroatoms. The van der Waals surface area contributed by atoms with Crippen LogP contribution in [0.15, 0.2) is 43.0 Å². The van der Waals surface area contributed by atoms with Crippen LogP contribution in [-0.4, -0.2) is 50.3 Å². The van der Waals surface area contributed by atoms with Crippen LogP contribution in [0.5, 0.6) is 0 Å². The molecule has 0 aliphatic heterocycles. The predicted octanol–water partition coefficient (Wildman–Crippen LogP) is 7.74. The summed E-state index contributed by atoms with van der Waals surface area (Å²) in [6.07, 6.45) is 10.1. The van der Waals surface area contributed by atoms with E-state index >= 15 is 0 Å². The van der Waals surface area contributed by atoms with Crippen LogP contribution in [-0.2, 0) is 34.0 Å². The summed E-state index contributed by atoms with van der Waals surface area (Å²) >= 11 is 0. The minimum Gasteiger partial charge on any atom is -0.462 e. The Labute approximate surface area is 303 Å². The van der Waals surface area contributed by atoms with Crippen LogP contribution in [0.25, 0.3) is 0 Å². The molecule has 12 atom stereocenters. The maximum atomic E-state index is 13.5. The van der Waals surface area contributed by atoms with Gasteiger partial charge in [0.25, 0.3) is 0 Å². The van der Waals surface area contributed by atoms with Crippen molar-refractivity contribution in [1.29, 1.82) is 0 Å². The van der Waals surface area contributed by atoms with E-state index in [-0.39, 0.29) is 17.4 Å². The zero-order valence-corrected chi connectivity index (χ0v) is 30.9. The summed E-state index contributed by atoms with van der Waals surface area (Å²) < 4.78 is 22.8. The molecule has 1 aromatic carbocycles. The second-order valence-electron chi connectivity index (χ2n) is 18.1. The number of hydrogen-bond donors (Lipinski definition) is 0. The number of hydrogen-bond acceptors (Lipinski definition) is 8. The summed E-state index contributed by atoms with van der Waals surface area (Å²) in [6.45, 7) is 16.8. The molecule has 11 unspecified atom stereocenters. The highest BCUT2D eigenvalue weighted by Crippen LogP contribution is 2.63. The van der Waals surface area contributed by atoms with Crippen LogP contribution in [0, 0.1) is 71.0 Å². The molecule has 6 aliphatic rings. The Morgan fingerprint density at radius 2 is 1.12 bits per heavy atom. The maximum absolute atomic E-state index is 13.5. The normalized spacial score (nSPS) is 35.6. The molecule has 0 aromatic heterocycles. The van der Waals surface area contributed by atoms with Gasteiger partial charge in [0.2, 0.25) is 0 Å². The largest absolute Gasteiger partial charge is 0.462 e. The fraction of sp³-hybridized carbons (Fsp3) is 0.674. The first-order valence-corrected chi connectivity index (χ1v) is 19.4. The van der Waals surface area contributed by atoms with Gasteiger partial charge < -0.3 is 18.9 Å². The first-order chi connectivity index (χ1) is 24.3. The van der Waals surface area contributed by atoms with Crippen molar-refractivity contribution in [2.75, 3.05) is 26.4 Å². The molecule has 0 amide bonds. The van der Waals surface area contributed by atoms with Crippen LogP contribution in [0.2, 0.25) is 0 Å². The molecule has 6 fully saturated rings. The molecular weight excluding hydrogens is 644 g/mol. The SMILES string of the molecule is C=CC(=O)OCC1CC2C3CC(COC(=O)c4cc(C(=O)OCC5CC6C7CC(CC7COC(=O)C(=C)C)[C@H]6C5)cc(C(C)(C)C)c4)C(C3)C2C1. The number of rotatable bonds is 12. The number of esters is 4. The molecule has 0 saturated heterocycles. The number of ether oxygens (including phenoxy) is 4. The monoisotopic (exact) mass is 700 g/mol. The van der Waals surface area contributed by atoms with Gasteiger partial charge in [-0.05, 0) is 158 Å². The average molecular weight is 701 g/mol. The van der Waals surface area contributed by atoms with Crippen molar-refractivity contribution in [2.24, 2.45) is 71.0 Å². The van der Waals surface area contributed by atoms with Crippen LogP contribution in [0.1, 0.15) is 105 Å². The number of carbonyl (C=O) groups is 4. The molecule has 8 nitrogen and oxygen atoms in total. The number of benzene rings is 1. The van der Waals surface area contributed by atoms with Crippen LogP contribution < -0.4 is 0 Å². The summed E-state index contributed by atoms with van der Waals surface area (Å²) in [5, 5.41) is 0. The van der Waals surface area contributed by atoms with E-state index in [0.29, 0.717) is 114 Å². The van der Waals surface area contributed by atoms with Gasteiger partial charge in [-0.25, -0.2) is 19.2 Å². The standard InChI is InChI=1S/C43H56O8/c1-7-39(44)48-19-24-8-33-27-13-31(36(18-27)37(33)10-24)22-51-42(47)29-14-28(15-32(16-29)43(4,5)6)41(46)49-20-25-9-34-26-12-30(21-50-40(45)23(2)3)35(17-26)38(34)11-25/h7,14-16,24-27,30-31,33-38H,1-2,8-13,17-22H2,3-6H3/t24?,25?,26?,27?,30?,31?,33?,34-,35?,36?,37?,38?/m1/s1. The molecule has 0 heterocycles. The Kier molecular flexibility index (Phi) is 10.0. The lowest BCUT2D eigenvalue weighted by atomic mass is 9.76. The van der Waals surface area contributed by atoms with Gasteiger partial charge in [0.15, 0.2) is 0 Å². The van der Waals surface area contributed by atoms with Gasteiger partial charge in [-0.3, -0.25) is 0 Å². The third-order valence-electron chi connectivity index (χ3n) is 14.0. The van der Waals surface area contributed by atoms with Crippen LogP contribution in [0.3, 0.4) is 0 Å². The zero-order valence-electron chi connectivity index (χ0n) is 30.9. The second kappa shape index (κ2) is 14.2. The third kappa shape index (κ3) is 7.30. The van der Waals surface area contributed by atoms with Crippen LogP contribution in [0.4, 0.5) is 0 Å². The first kappa shape index (κ1) is 36.0. The Morgan fingerprint density at radius 1 is 0.647 bits per heavy atom. The second-order valence-corrected chi connectivity index (χ2v) is 18.1. The van der Waals surface area contributed by atoms with Crippen LogP contribution >= 0.6 is 0 Å². The molecule has 6 saturated carbocycles. The lowest BCUT2D eigenvalue weighted by Gasteiger charge is -2.31. The van der Waals surface area contributed by atoms with Gasteiger partial charge >= 0.3 is 23.9 Å². The summed E-state index contributed by atoms with van der Waals surface area (Å²) in [5.74, 6) is 4.99. The predicted molar refractivity (Wildman–Crippen MR) is 191 cm³/mol. The highest BCUT2D eigenvalue weighted by Gasteiger charge is 2.57. The Balaban J connectivity index is 0.926. The van der Waals surface area contributed by atoms with E-state index in [1.165, 1.54) is 18.9 Å². The lowest BCUT2D eigenvalue weighted by Crippen LogP contribution is -2.28. The third-order valence-corrected chi connectivity index (χ3v) is 14.0. The Bertz CT molecular complexity index is 1570. The molecule has 51 heavy (non-hydrogen) atoms. The first-order valence-electron chi connectivity index (χ1n) is 19.4. The van der Waals surface area contributed by atoms with E-state index in [1.54, 1.807) is 13.0 Å². The summed E-state index contributed by atoms with van der Waals surface area (Å²) in [5.41, 5.74) is 1.85. The molecule has 276 valence electrons. The zero-order chi connectivity index (χ0) is 36.2. The van der Waals surface area contributed by atoms with E-state index in [9.17, 15) is 19.2 Å². The van der Waals surface area contributed by atoms with Crippen molar-refractivity contribution < 1.29 is 38.1 Å². The van der Waals surface area contributed by atoms with E-state index < -0.39 is 11.9 Å². The molecule has 6 aliphatic carbocycles. The minimum atomic E-state index is -0.395. The molecule has 1 aromatic rings. The molecule has 0 radical (unpaired) electrons. The molecule has 0 N–H and O–H groups in total. The van der Waals surface area contributed by atoms with Crippen molar-refractivity contribution in [1.82, 2.24) is 0 Å². The van der Waals surface area contributed by atoms with Crippen molar-refractivity contribution >= 4 is 23.9 Å². The fourth-order valence-electron chi connectivity index (χ4n) is 11.7. The maximum Gasteiger partial charge on any atom is 0.338 e. The van der Waals surface area contributed by atoms with Gasteiger partial charge in [-0.15, -0.1) is 0 Å². The van der Waals surface area contributed by atoms with E-state index in [0.717, 1.165) is 44.1 Å². The highest BCUT2D eigenvalue weighted by atomic mass is 16.5. The van der Waals surface area contributed by atoms with Crippen molar-refractivity contribution in [2.45, 2.75) is 84.5 Å². The van der Waals surface area contributed by atoms with Crippen molar-refractivity contribution in [3.63, 3.8) is 0 Å². The smallest absolute Gasteiger partial charge is 0.338 e. The number of fused-ring (bicyclic) bond motifs is 10. The molecule has 4 bridgehead atoms. The molecule has 0 spiro atoms. The quantitative estimate of drug-likeness (QED) is 0.124. The van der Waals surface area contributed by atoms with Gasteiger partial charge in [-0.2, -0.15) is 0 Å². The van der Waals surface area contributed by atoms with Gasteiger partial charge in [0.05, 0.1) is 37.6 Å². The molecular formula is C43H56O8. The lowest BCUT2D eigenvalue weighted by molar-refractivity contribution is -0.141. The molecule has 7 rings (SSSR count). The fourth-order valence-corrected chi connectivity index (χ4v) is 11.7. The van der Waals surface area contributed by atoms with Crippen molar-refractivity contribution in [3.05, 3.63) is 59.7 Å². The summed E-state index contributed by atoms with van der Waals surface area (Å²) in [4.78, 5) is 50.6. The summed E-state index contributed by atoms with van der Waals surface area (Å²) in [6, 6.07) is 5.36. The van der Waals surface area contributed by atoms with Gasteiger partial charge in [0.1, 0.15) is 0 Å². The topological polar surface area (TPSA) is 105 Å². The van der Waals surface area contributed by atoms with Gasteiger partial charge in [-0.1, -0.05) is 33.9 Å². The Hall–Kier alpha value is -3.42. The van der Waals surface area contributed by atoms with Gasteiger partial charge in [0, 0.05) is 11.6 Å². The van der Waals surface area contributed by atoms with Crippen molar-refractivity contribution in [3.8, 4) is 0 Å². The van der Waals surface area contributed by atoms with E-state index in [2.05, 4.69) is 33.9 Å². The number of carbonyl (C=O) groups excluding carboxylic acids is 4. The highest BCUT2D eigenvalue weighted by molar-refractivity contribution is 5.96. The summed E-state index contributed by atoms with van der Waals surface area (Å²) in [7, 11) is 0. The Morgan fingerprint density at radius 3 is 1.61 bits per heavy atom. The van der Waals surface area contributed by atoms with E-state index in [4.69, 9.17) is 18.9 Å².